The molecular weight excluding hydrogens is 220 g/mol. The molecule has 0 amide bonds. The molecule has 1 aromatic rings. The molecule has 0 bridgehead atoms. The van der Waals surface area contributed by atoms with Crippen molar-refractivity contribution in [3.05, 3.63) is 15.6 Å². The van der Waals surface area contributed by atoms with Crippen LogP contribution < -0.4 is 5.32 Å². The Bertz CT molecular complexity index is 325. The second-order valence-electron chi connectivity index (χ2n) is 4.13. The predicted molar refractivity (Wildman–Crippen MR) is 69.1 cm³/mol. The Kier molecular flexibility index (Phi) is 5.38. The summed E-state index contributed by atoms with van der Waals surface area (Å²) in [6.45, 7) is 12.0. The van der Waals surface area contributed by atoms with Crippen LogP contribution in [0.25, 0.3) is 0 Å². The Balaban J connectivity index is 2.51. The van der Waals surface area contributed by atoms with Crippen molar-refractivity contribution in [2.45, 2.75) is 46.7 Å². The topological polar surface area (TPSA) is 34.1 Å². The number of aromatic nitrogens is 1. The first-order chi connectivity index (χ1) is 7.54. The van der Waals surface area contributed by atoms with Gasteiger partial charge in [-0.15, -0.1) is 11.3 Å². The summed E-state index contributed by atoms with van der Waals surface area (Å²) in [6, 6.07) is 0.721. The van der Waals surface area contributed by atoms with Gasteiger partial charge < -0.3 is 10.1 Å². The number of hydrogen-bond acceptors (Lipinski definition) is 4. The number of aryl methyl sites for hydroxylation is 2. The molecule has 0 saturated heterocycles. The van der Waals surface area contributed by atoms with Crippen LogP contribution in [0.1, 0.15) is 42.4 Å². The lowest BCUT2D eigenvalue weighted by Gasteiger charge is -2.19. The van der Waals surface area contributed by atoms with Gasteiger partial charge in [0.05, 0.1) is 17.3 Å². The van der Waals surface area contributed by atoms with Crippen molar-refractivity contribution in [2.24, 2.45) is 0 Å². The summed E-state index contributed by atoms with van der Waals surface area (Å²) in [5.74, 6) is 0. The fourth-order valence-electron chi connectivity index (χ4n) is 1.79. The zero-order valence-corrected chi connectivity index (χ0v) is 11.6. The third-order valence-electron chi connectivity index (χ3n) is 2.44. The van der Waals surface area contributed by atoms with Crippen LogP contribution in [-0.2, 0) is 4.74 Å². The molecule has 0 aliphatic carbocycles. The van der Waals surface area contributed by atoms with Crippen molar-refractivity contribution in [1.29, 1.82) is 0 Å². The first-order valence-corrected chi connectivity index (χ1v) is 6.64. The van der Waals surface area contributed by atoms with Gasteiger partial charge in [0.15, 0.2) is 0 Å². The second kappa shape index (κ2) is 6.33. The van der Waals surface area contributed by atoms with E-state index in [2.05, 4.69) is 38.0 Å². The highest BCUT2D eigenvalue weighted by Crippen LogP contribution is 2.24. The molecule has 0 saturated carbocycles. The van der Waals surface area contributed by atoms with Crippen LogP contribution in [-0.4, -0.2) is 24.2 Å². The van der Waals surface area contributed by atoms with Crippen molar-refractivity contribution in [1.82, 2.24) is 10.3 Å². The highest BCUT2D eigenvalue weighted by molar-refractivity contribution is 7.11. The molecule has 92 valence electrons. The van der Waals surface area contributed by atoms with Gasteiger partial charge in [-0.25, -0.2) is 4.98 Å². The van der Waals surface area contributed by atoms with Gasteiger partial charge in [0, 0.05) is 23.6 Å². The lowest BCUT2D eigenvalue weighted by molar-refractivity contribution is 0.124. The molecule has 16 heavy (non-hydrogen) atoms. The summed E-state index contributed by atoms with van der Waals surface area (Å²) in [4.78, 5) is 5.78. The van der Waals surface area contributed by atoms with E-state index in [1.807, 2.05) is 6.92 Å². The van der Waals surface area contributed by atoms with Crippen LogP contribution in [0.5, 0.6) is 0 Å². The van der Waals surface area contributed by atoms with Gasteiger partial charge in [-0.05, 0) is 34.6 Å². The summed E-state index contributed by atoms with van der Waals surface area (Å²) >= 11 is 1.77. The summed E-state index contributed by atoms with van der Waals surface area (Å²) in [5, 5.41) is 4.67. The van der Waals surface area contributed by atoms with E-state index in [9.17, 15) is 0 Å². The van der Waals surface area contributed by atoms with Crippen LogP contribution in [0.4, 0.5) is 0 Å². The van der Waals surface area contributed by atoms with Gasteiger partial charge in [-0.3, -0.25) is 0 Å². The van der Waals surface area contributed by atoms with Crippen LogP contribution in [0.2, 0.25) is 0 Å². The van der Waals surface area contributed by atoms with Gasteiger partial charge in [-0.1, -0.05) is 0 Å². The minimum absolute atomic E-state index is 0.349. The summed E-state index contributed by atoms with van der Waals surface area (Å²) in [5.41, 5.74) is 1.14. The smallest absolute Gasteiger partial charge is 0.0900 e. The molecule has 0 spiro atoms. The average Bonchev–Trinajstić information content (AvgIpc) is 2.54. The maximum atomic E-state index is 5.39. The monoisotopic (exact) mass is 242 g/mol. The van der Waals surface area contributed by atoms with E-state index in [-0.39, 0.29) is 0 Å². The molecule has 2 unspecified atom stereocenters. The molecular formula is C12H22N2OS. The SMILES string of the molecule is CCOCC(C)NC(C)c1sc(C)nc1C. The molecule has 0 fully saturated rings. The third kappa shape index (κ3) is 3.85. The van der Waals surface area contributed by atoms with Gasteiger partial charge in [0.25, 0.3) is 0 Å². The minimum Gasteiger partial charge on any atom is -0.380 e. The fraction of sp³-hybridized carbons (Fsp3) is 0.750. The summed E-state index contributed by atoms with van der Waals surface area (Å²) in [6.07, 6.45) is 0. The number of thiazole rings is 1. The molecule has 3 nitrogen and oxygen atoms in total. The molecule has 1 rings (SSSR count). The van der Waals surface area contributed by atoms with E-state index >= 15 is 0 Å². The Morgan fingerprint density at radius 2 is 2.06 bits per heavy atom. The lowest BCUT2D eigenvalue weighted by atomic mass is 10.2. The van der Waals surface area contributed by atoms with Gasteiger partial charge >= 0.3 is 0 Å². The van der Waals surface area contributed by atoms with Crippen molar-refractivity contribution in [3.63, 3.8) is 0 Å². The van der Waals surface area contributed by atoms with Gasteiger partial charge in [-0.2, -0.15) is 0 Å². The largest absolute Gasteiger partial charge is 0.380 e. The second-order valence-corrected chi connectivity index (χ2v) is 5.37. The van der Waals surface area contributed by atoms with Crippen LogP contribution in [0.3, 0.4) is 0 Å². The normalized spacial score (nSPS) is 15.1. The van der Waals surface area contributed by atoms with Crippen molar-refractivity contribution >= 4 is 11.3 Å². The molecule has 1 heterocycles. The molecule has 0 aromatic carbocycles. The zero-order valence-electron chi connectivity index (χ0n) is 10.8. The molecule has 0 aliphatic heterocycles. The standard InChI is InChI=1S/C12H22N2OS/c1-6-15-7-8(2)13-9(3)12-10(4)14-11(5)16-12/h8-9,13H,6-7H2,1-5H3. The third-order valence-corrected chi connectivity index (χ3v) is 3.69. The molecule has 4 heteroatoms. The minimum atomic E-state index is 0.349. The lowest BCUT2D eigenvalue weighted by Crippen LogP contribution is -2.32. The zero-order chi connectivity index (χ0) is 12.1. The Labute approximate surface area is 102 Å². The fourth-order valence-corrected chi connectivity index (χ4v) is 2.73. The number of nitrogens with zero attached hydrogens (tertiary/aromatic N) is 1. The molecule has 1 aromatic heterocycles. The van der Waals surface area contributed by atoms with Crippen LogP contribution in [0.15, 0.2) is 0 Å². The molecule has 0 aliphatic rings. The highest BCUT2D eigenvalue weighted by atomic mass is 32.1. The number of ether oxygens (including phenoxy) is 1. The highest BCUT2D eigenvalue weighted by Gasteiger charge is 2.14. The summed E-state index contributed by atoms with van der Waals surface area (Å²) in [7, 11) is 0. The van der Waals surface area contributed by atoms with Gasteiger partial charge in [0.1, 0.15) is 0 Å². The average molecular weight is 242 g/mol. The first-order valence-electron chi connectivity index (χ1n) is 5.82. The Morgan fingerprint density at radius 1 is 1.38 bits per heavy atom. The van der Waals surface area contributed by atoms with Crippen LogP contribution >= 0.6 is 11.3 Å². The Morgan fingerprint density at radius 3 is 2.56 bits per heavy atom. The van der Waals surface area contributed by atoms with Crippen molar-refractivity contribution in [2.75, 3.05) is 13.2 Å². The molecule has 2 atom stereocenters. The van der Waals surface area contributed by atoms with Crippen LogP contribution in [0, 0.1) is 13.8 Å². The van der Waals surface area contributed by atoms with E-state index < -0.39 is 0 Å². The maximum Gasteiger partial charge on any atom is 0.0900 e. The van der Waals surface area contributed by atoms with E-state index in [0.29, 0.717) is 12.1 Å². The molecule has 1 N–H and O–H groups in total. The Hall–Kier alpha value is -0.450. The van der Waals surface area contributed by atoms with E-state index in [0.717, 1.165) is 23.9 Å². The first kappa shape index (κ1) is 13.6. The van der Waals surface area contributed by atoms with E-state index in [4.69, 9.17) is 4.74 Å². The van der Waals surface area contributed by atoms with E-state index in [1.54, 1.807) is 11.3 Å². The van der Waals surface area contributed by atoms with Crippen molar-refractivity contribution in [3.8, 4) is 0 Å². The van der Waals surface area contributed by atoms with Gasteiger partial charge in [0.2, 0.25) is 0 Å². The van der Waals surface area contributed by atoms with E-state index in [1.165, 1.54) is 4.88 Å². The summed E-state index contributed by atoms with van der Waals surface area (Å²) < 4.78 is 5.39. The number of hydrogen-bond donors (Lipinski definition) is 1. The predicted octanol–water partition coefficient (Wildman–Crippen LogP) is 2.84. The number of nitrogens with one attached hydrogen (secondary N) is 1. The van der Waals surface area contributed by atoms with Crippen molar-refractivity contribution < 1.29 is 4.74 Å². The quantitative estimate of drug-likeness (QED) is 0.833. The maximum absolute atomic E-state index is 5.39. The molecule has 0 radical (unpaired) electrons. The number of rotatable bonds is 6.